The van der Waals surface area contributed by atoms with Gasteiger partial charge in [0.25, 0.3) is 5.92 Å². The van der Waals surface area contributed by atoms with Crippen molar-refractivity contribution in [3.8, 4) is 17.1 Å². The number of benzene rings is 2. The minimum absolute atomic E-state index is 0.0184. The molecule has 112 valence electrons. The molecular weight excluding hydrogens is 284 g/mol. The van der Waals surface area contributed by atoms with Crippen molar-refractivity contribution in [1.82, 2.24) is 14.8 Å². The Hall–Kier alpha value is -2.56. The van der Waals surface area contributed by atoms with Gasteiger partial charge in [-0.25, -0.2) is 18.4 Å². The lowest BCUT2D eigenvalue weighted by Gasteiger charge is -2.10. The maximum Gasteiger partial charge on any atom is 0.270 e. The number of alkyl halides is 2. The van der Waals surface area contributed by atoms with Gasteiger partial charge in [0, 0.05) is 18.1 Å². The summed E-state index contributed by atoms with van der Waals surface area (Å²) in [5, 5.41) is 4.39. The van der Waals surface area contributed by atoms with E-state index in [4.69, 9.17) is 0 Å². The maximum absolute atomic E-state index is 13.2. The first-order chi connectivity index (χ1) is 10.4. The van der Waals surface area contributed by atoms with Crippen molar-refractivity contribution in [2.75, 3.05) is 0 Å². The van der Waals surface area contributed by atoms with Crippen LogP contribution in [0, 0.1) is 6.92 Å². The standard InChI is InChI=1S/C17H15F2N3/c1-12-3-5-13(6-4-12)16-20-11-22(21-16)15-9-7-14(8-10-15)17(2,18)19/h3-11H,1-2H3. The van der Waals surface area contributed by atoms with Crippen molar-refractivity contribution in [3.63, 3.8) is 0 Å². The molecule has 3 nitrogen and oxygen atoms in total. The van der Waals surface area contributed by atoms with Gasteiger partial charge in [-0.15, -0.1) is 5.10 Å². The fourth-order valence-corrected chi connectivity index (χ4v) is 2.13. The van der Waals surface area contributed by atoms with Crippen LogP contribution in [0.5, 0.6) is 0 Å². The first-order valence-corrected chi connectivity index (χ1v) is 6.91. The van der Waals surface area contributed by atoms with Gasteiger partial charge in [0.1, 0.15) is 6.33 Å². The number of aryl methyl sites for hydroxylation is 1. The average molecular weight is 299 g/mol. The normalized spacial score (nSPS) is 11.6. The van der Waals surface area contributed by atoms with Gasteiger partial charge in [-0.2, -0.15) is 0 Å². The second kappa shape index (κ2) is 5.33. The third kappa shape index (κ3) is 2.88. The lowest BCUT2D eigenvalue weighted by molar-refractivity contribution is 0.0175. The molecular formula is C17H15F2N3. The molecule has 22 heavy (non-hydrogen) atoms. The average Bonchev–Trinajstić information content (AvgIpc) is 2.97. The van der Waals surface area contributed by atoms with E-state index in [1.54, 1.807) is 23.1 Å². The molecule has 1 heterocycles. The van der Waals surface area contributed by atoms with E-state index >= 15 is 0 Å². The van der Waals surface area contributed by atoms with Crippen LogP contribution in [0.3, 0.4) is 0 Å². The van der Waals surface area contributed by atoms with Crippen LogP contribution in [0.1, 0.15) is 18.1 Å². The topological polar surface area (TPSA) is 30.7 Å². The molecule has 2 aromatic carbocycles. The zero-order valence-electron chi connectivity index (χ0n) is 12.3. The predicted octanol–water partition coefficient (Wildman–Crippen LogP) is 4.35. The smallest absolute Gasteiger partial charge is 0.220 e. The quantitative estimate of drug-likeness (QED) is 0.719. The molecule has 5 heteroatoms. The molecule has 3 rings (SSSR count). The Bertz CT molecular complexity index is 769. The summed E-state index contributed by atoms with van der Waals surface area (Å²) in [6.07, 6.45) is 1.58. The number of nitrogens with zero attached hydrogens (tertiary/aromatic N) is 3. The molecule has 0 saturated carbocycles. The summed E-state index contributed by atoms with van der Waals surface area (Å²) in [4.78, 5) is 4.27. The molecule has 0 spiro atoms. The van der Waals surface area contributed by atoms with Crippen LogP contribution in [0.25, 0.3) is 17.1 Å². The maximum atomic E-state index is 13.2. The van der Waals surface area contributed by atoms with Gasteiger partial charge >= 0.3 is 0 Å². The Balaban J connectivity index is 1.89. The molecule has 3 aromatic rings. The highest BCUT2D eigenvalue weighted by Crippen LogP contribution is 2.27. The van der Waals surface area contributed by atoms with Crippen molar-refractivity contribution in [2.24, 2.45) is 0 Å². The molecule has 0 unspecified atom stereocenters. The van der Waals surface area contributed by atoms with Crippen LogP contribution < -0.4 is 0 Å². The molecule has 0 atom stereocenters. The fourth-order valence-electron chi connectivity index (χ4n) is 2.13. The van der Waals surface area contributed by atoms with E-state index in [-0.39, 0.29) is 5.56 Å². The zero-order valence-corrected chi connectivity index (χ0v) is 12.3. The van der Waals surface area contributed by atoms with Gasteiger partial charge in [-0.1, -0.05) is 42.0 Å². The summed E-state index contributed by atoms with van der Waals surface area (Å²) in [6.45, 7) is 2.90. The van der Waals surface area contributed by atoms with Gasteiger partial charge in [0.05, 0.1) is 5.69 Å². The lowest BCUT2D eigenvalue weighted by Crippen LogP contribution is -2.07. The van der Waals surface area contributed by atoms with E-state index in [2.05, 4.69) is 10.1 Å². The van der Waals surface area contributed by atoms with Gasteiger partial charge in [-0.3, -0.25) is 0 Å². The van der Waals surface area contributed by atoms with Crippen molar-refractivity contribution < 1.29 is 8.78 Å². The molecule has 0 aliphatic heterocycles. The predicted molar refractivity (Wildman–Crippen MR) is 81.1 cm³/mol. The van der Waals surface area contributed by atoms with Gasteiger partial charge < -0.3 is 0 Å². The summed E-state index contributed by atoms with van der Waals surface area (Å²) in [5.41, 5.74) is 2.76. The Labute approximate surface area is 127 Å². The molecule has 0 amide bonds. The highest BCUT2D eigenvalue weighted by atomic mass is 19.3. The minimum atomic E-state index is -2.84. The SMILES string of the molecule is Cc1ccc(-c2ncn(-c3ccc(C(C)(F)F)cc3)n2)cc1. The summed E-state index contributed by atoms with van der Waals surface area (Å²) in [5.74, 6) is -2.24. The van der Waals surface area contributed by atoms with Crippen LogP contribution in [0.4, 0.5) is 8.78 Å². The Morgan fingerprint density at radius 3 is 2.18 bits per heavy atom. The highest BCUT2D eigenvalue weighted by molar-refractivity contribution is 5.55. The van der Waals surface area contributed by atoms with E-state index in [1.165, 1.54) is 17.7 Å². The molecule has 0 saturated heterocycles. The van der Waals surface area contributed by atoms with E-state index in [1.807, 2.05) is 31.2 Å². The first-order valence-electron chi connectivity index (χ1n) is 6.91. The van der Waals surface area contributed by atoms with Crippen LogP contribution in [0.15, 0.2) is 54.9 Å². The van der Waals surface area contributed by atoms with Crippen molar-refractivity contribution in [2.45, 2.75) is 19.8 Å². The largest absolute Gasteiger partial charge is 0.270 e. The number of halogens is 2. The monoisotopic (exact) mass is 299 g/mol. The van der Waals surface area contributed by atoms with Gasteiger partial charge in [0.15, 0.2) is 5.82 Å². The van der Waals surface area contributed by atoms with E-state index in [0.717, 1.165) is 12.5 Å². The van der Waals surface area contributed by atoms with Gasteiger partial charge in [0.2, 0.25) is 0 Å². The Kier molecular flexibility index (Phi) is 3.48. The minimum Gasteiger partial charge on any atom is -0.220 e. The number of hydrogen-bond acceptors (Lipinski definition) is 2. The first kappa shape index (κ1) is 14.4. The number of hydrogen-bond donors (Lipinski definition) is 0. The van der Waals surface area contributed by atoms with E-state index < -0.39 is 5.92 Å². The summed E-state index contributed by atoms with van der Waals surface area (Å²) >= 11 is 0. The number of aromatic nitrogens is 3. The van der Waals surface area contributed by atoms with Gasteiger partial charge in [-0.05, 0) is 19.1 Å². The summed E-state index contributed by atoms with van der Waals surface area (Å²) in [7, 11) is 0. The Morgan fingerprint density at radius 1 is 0.955 bits per heavy atom. The van der Waals surface area contributed by atoms with Crippen molar-refractivity contribution >= 4 is 0 Å². The molecule has 1 aromatic heterocycles. The second-order valence-corrected chi connectivity index (χ2v) is 5.31. The molecule has 0 aliphatic rings. The highest BCUT2D eigenvalue weighted by Gasteiger charge is 2.23. The van der Waals surface area contributed by atoms with Crippen LogP contribution >= 0.6 is 0 Å². The Morgan fingerprint density at radius 2 is 1.59 bits per heavy atom. The third-order valence-corrected chi connectivity index (χ3v) is 3.44. The van der Waals surface area contributed by atoms with Crippen molar-refractivity contribution in [1.29, 1.82) is 0 Å². The molecule has 0 N–H and O–H groups in total. The van der Waals surface area contributed by atoms with Crippen LogP contribution in [-0.4, -0.2) is 14.8 Å². The molecule has 0 aliphatic carbocycles. The molecule has 0 bridgehead atoms. The molecule has 0 fully saturated rings. The van der Waals surface area contributed by atoms with Crippen LogP contribution in [-0.2, 0) is 5.92 Å². The van der Waals surface area contributed by atoms with Crippen LogP contribution in [0.2, 0.25) is 0 Å². The number of rotatable bonds is 3. The van der Waals surface area contributed by atoms with E-state index in [9.17, 15) is 8.78 Å². The van der Waals surface area contributed by atoms with E-state index in [0.29, 0.717) is 11.5 Å². The summed E-state index contributed by atoms with van der Waals surface area (Å²) < 4.78 is 28.0. The van der Waals surface area contributed by atoms with Crippen molar-refractivity contribution in [3.05, 3.63) is 66.0 Å². The fraction of sp³-hybridized carbons (Fsp3) is 0.176. The second-order valence-electron chi connectivity index (χ2n) is 5.31. The molecule has 0 radical (unpaired) electrons. The zero-order chi connectivity index (χ0) is 15.7. The lowest BCUT2D eigenvalue weighted by atomic mass is 10.1. The third-order valence-electron chi connectivity index (χ3n) is 3.44. The summed E-state index contributed by atoms with van der Waals surface area (Å²) in [6, 6.07) is 13.9.